The molecule has 0 aromatic heterocycles. The van der Waals surface area contributed by atoms with Crippen LogP contribution in [0.3, 0.4) is 0 Å². The van der Waals surface area contributed by atoms with Gasteiger partial charge in [0, 0.05) is 11.0 Å². The van der Waals surface area contributed by atoms with Crippen LogP contribution in [0.25, 0.3) is 10.8 Å². The monoisotopic (exact) mass is 336 g/mol. The highest BCUT2D eigenvalue weighted by Crippen LogP contribution is 2.17. The summed E-state index contributed by atoms with van der Waals surface area (Å²) in [6.07, 6.45) is 1.11. The number of hydrogen-bond donors (Lipinski definition) is 0. The number of carbonyl (C=O) groups excluding carboxylic acids is 1. The van der Waals surface area contributed by atoms with E-state index in [0.717, 1.165) is 27.8 Å². The van der Waals surface area contributed by atoms with E-state index in [1.54, 1.807) is 24.3 Å². The number of sulfone groups is 1. The summed E-state index contributed by atoms with van der Waals surface area (Å²) in [6, 6.07) is 19.5. The fourth-order valence-corrected chi connectivity index (χ4v) is 3.37. The van der Waals surface area contributed by atoms with Crippen LogP contribution in [0.5, 0.6) is 0 Å². The normalized spacial score (nSPS) is 11.9. The van der Waals surface area contributed by atoms with Crippen LogP contribution in [0.15, 0.2) is 83.1 Å². The maximum atomic E-state index is 12.3. The molecule has 0 radical (unpaired) electrons. The first-order valence-corrected chi connectivity index (χ1v) is 9.03. The molecule has 24 heavy (non-hydrogen) atoms. The predicted molar refractivity (Wildman–Crippen MR) is 95.8 cm³/mol. The molecule has 3 aromatic rings. The first kappa shape index (κ1) is 16.1. The second kappa shape index (κ2) is 6.42. The molecule has 0 saturated carbocycles. The maximum absolute atomic E-state index is 12.3. The van der Waals surface area contributed by atoms with Crippen molar-refractivity contribution >= 4 is 26.4 Å². The topological polar surface area (TPSA) is 51.2 Å². The van der Waals surface area contributed by atoms with E-state index in [0.29, 0.717) is 5.56 Å². The lowest BCUT2D eigenvalue weighted by atomic mass is 10.0. The Morgan fingerprint density at radius 2 is 1.54 bits per heavy atom. The van der Waals surface area contributed by atoms with Gasteiger partial charge in [0.1, 0.15) is 0 Å². The van der Waals surface area contributed by atoms with Crippen LogP contribution in [0.2, 0.25) is 0 Å². The number of aryl methyl sites for hydroxylation is 1. The average Bonchev–Trinajstić information content (AvgIpc) is 2.59. The average molecular weight is 336 g/mol. The molecule has 0 bridgehead atoms. The quantitative estimate of drug-likeness (QED) is 0.527. The van der Waals surface area contributed by atoms with Gasteiger partial charge in [0.15, 0.2) is 15.6 Å². The largest absolute Gasteiger partial charge is 0.289 e. The highest BCUT2D eigenvalue weighted by atomic mass is 32.2. The molecular formula is C20H16O3S. The summed E-state index contributed by atoms with van der Waals surface area (Å²) in [6.45, 7) is 1.88. The van der Waals surface area contributed by atoms with Gasteiger partial charge in [0.25, 0.3) is 0 Å². The van der Waals surface area contributed by atoms with Gasteiger partial charge in [-0.2, -0.15) is 0 Å². The zero-order valence-corrected chi connectivity index (χ0v) is 14.0. The summed E-state index contributed by atoms with van der Waals surface area (Å²) in [5.41, 5.74) is 1.44. The zero-order chi connectivity index (χ0) is 17.2. The number of allylic oxidation sites excluding steroid dienone is 1. The van der Waals surface area contributed by atoms with Gasteiger partial charge >= 0.3 is 0 Å². The molecule has 0 atom stereocenters. The third-order valence-corrected chi connectivity index (χ3v) is 5.21. The highest BCUT2D eigenvalue weighted by molar-refractivity contribution is 7.94. The molecule has 0 aliphatic carbocycles. The number of benzene rings is 3. The highest BCUT2D eigenvalue weighted by Gasteiger charge is 2.11. The van der Waals surface area contributed by atoms with Crippen molar-refractivity contribution in [1.29, 1.82) is 0 Å². The van der Waals surface area contributed by atoms with Gasteiger partial charge in [-0.1, -0.05) is 54.1 Å². The van der Waals surface area contributed by atoms with Gasteiger partial charge in [-0.3, -0.25) is 4.79 Å². The minimum absolute atomic E-state index is 0.177. The van der Waals surface area contributed by atoms with E-state index in [1.807, 2.05) is 37.3 Å². The molecule has 0 N–H and O–H groups in total. The molecule has 120 valence electrons. The number of rotatable bonds is 4. The van der Waals surface area contributed by atoms with Gasteiger partial charge in [-0.05, 0) is 42.0 Å². The molecule has 0 saturated heterocycles. The molecule has 0 spiro atoms. The lowest BCUT2D eigenvalue weighted by Crippen LogP contribution is -1.99. The maximum Gasteiger partial charge on any atom is 0.199 e. The Balaban J connectivity index is 1.87. The first-order chi connectivity index (χ1) is 11.5. The van der Waals surface area contributed by atoms with E-state index >= 15 is 0 Å². The van der Waals surface area contributed by atoms with Crippen molar-refractivity contribution in [3.8, 4) is 0 Å². The Hall–Kier alpha value is -2.72. The van der Waals surface area contributed by atoms with E-state index < -0.39 is 9.84 Å². The van der Waals surface area contributed by atoms with Gasteiger partial charge < -0.3 is 0 Å². The third-order valence-electron chi connectivity index (χ3n) is 3.78. The molecule has 0 unspecified atom stereocenters. The van der Waals surface area contributed by atoms with Crippen LogP contribution in [-0.4, -0.2) is 14.2 Å². The standard InChI is InChI=1S/C20H16O3S/c1-15-6-10-19(11-7-15)24(22,23)13-12-20(21)18-9-8-16-4-2-3-5-17(16)14-18/h2-14H,1H3/b13-12+. The second-order valence-electron chi connectivity index (χ2n) is 5.59. The Labute approximate surface area is 141 Å². The zero-order valence-electron chi connectivity index (χ0n) is 13.1. The summed E-state index contributed by atoms with van der Waals surface area (Å²) in [4.78, 5) is 12.4. The molecule has 3 nitrogen and oxygen atoms in total. The summed E-state index contributed by atoms with van der Waals surface area (Å²) < 4.78 is 24.5. The van der Waals surface area contributed by atoms with Crippen LogP contribution >= 0.6 is 0 Å². The van der Waals surface area contributed by atoms with Crippen LogP contribution in [0, 0.1) is 6.92 Å². The molecular weight excluding hydrogens is 320 g/mol. The van der Waals surface area contributed by atoms with Crippen LogP contribution in [-0.2, 0) is 9.84 Å². The first-order valence-electron chi connectivity index (χ1n) is 7.49. The third kappa shape index (κ3) is 3.44. The van der Waals surface area contributed by atoms with E-state index in [-0.39, 0.29) is 10.7 Å². The molecule has 4 heteroatoms. The second-order valence-corrected chi connectivity index (χ2v) is 7.42. The van der Waals surface area contributed by atoms with Gasteiger partial charge in [0.2, 0.25) is 0 Å². The minimum Gasteiger partial charge on any atom is -0.289 e. The Morgan fingerprint density at radius 1 is 0.875 bits per heavy atom. The Morgan fingerprint density at radius 3 is 2.25 bits per heavy atom. The van der Waals surface area contributed by atoms with Crippen molar-refractivity contribution in [2.24, 2.45) is 0 Å². The van der Waals surface area contributed by atoms with Crippen molar-refractivity contribution in [2.45, 2.75) is 11.8 Å². The molecule has 0 amide bonds. The predicted octanol–water partition coefficient (Wildman–Crippen LogP) is 4.32. The lowest BCUT2D eigenvalue weighted by molar-refractivity contribution is 0.104. The van der Waals surface area contributed by atoms with Gasteiger partial charge in [-0.15, -0.1) is 0 Å². The summed E-state index contributed by atoms with van der Waals surface area (Å²) in [5, 5.41) is 2.94. The number of ketones is 1. The molecule has 0 fully saturated rings. The molecule has 0 aliphatic heterocycles. The molecule has 3 rings (SSSR count). The molecule has 0 aliphatic rings. The minimum atomic E-state index is -3.62. The Kier molecular flexibility index (Phi) is 4.32. The van der Waals surface area contributed by atoms with Crippen LogP contribution in [0.4, 0.5) is 0 Å². The molecule has 3 aromatic carbocycles. The van der Waals surface area contributed by atoms with Crippen molar-refractivity contribution in [2.75, 3.05) is 0 Å². The fraction of sp³-hybridized carbons (Fsp3) is 0.0500. The summed E-state index contributed by atoms with van der Waals surface area (Å²) in [5.74, 6) is -0.337. The smallest absolute Gasteiger partial charge is 0.199 e. The summed E-state index contributed by atoms with van der Waals surface area (Å²) in [7, 11) is -3.62. The summed E-state index contributed by atoms with van der Waals surface area (Å²) >= 11 is 0. The van der Waals surface area contributed by atoms with Crippen LogP contribution < -0.4 is 0 Å². The number of hydrogen-bond acceptors (Lipinski definition) is 3. The SMILES string of the molecule is Cc1ccc(S(=O)(=O)/C=C/C(=O)c2ccc3ccccc3c2)cc1. The lowest BCUT2D eigenvalue weighted by Gasteiger charge is -2.01. The van der Waals surface area contributed by atoms with Crippen molar-refractivity contribution in [3.63, 3.8) is 0 Å². The van der Waals surface area contributed by atoms with Crippen molar-refractivity contribution in [3.05, 3.63) is 89.3 Å². The van der Waals surface area contributed by atoms with Gasteiger partial charge in [0.05, 0.1) is 4.90 Å². The molecule has 0 heterocycles. The van der Waals surface area contributed by atoms with E-state index in [1.165, 1.54) is 12.1 Å². The van der Waals surface area contributed by atoms with Crippen molar-refractivity contribution in [1.82, 2.24) is 0 Å². The van der Waals surface area contributed by atoms with E-state index in [4.69, 9.17) is 0 Å². The van der Waals surface area contributed by atoms with Crippen LogP contribution in [0.1, 0.15) is 15.9 Å². The van der Waals surface area contributed by atoms with E-state index in [2.05, 4.69) is 0 Å². The Bertz CT molecular complexity index is 1030. The van der Waals surface area contributed by atoms with E-state index in [9.17, 15) is 13.2 Å². The van der Waals surface area contributed by atoms with Gasteiger partial charge in [-0.25, -0.2) is 8.42 Å². The van der Waals surface area contributed by atoms with Crippen molar-refractivity contribution < 1.29 is 13.2 Å². The number of carbonyl (C=O) groups is 1. The number of fused-ring (bicyclic) bond motifs is 1. The fourth-order valence-electron chi connectivity index (χ4n) is 2.40.